The summed E-state index contributed by atoms with van der Waals surface area (Å²) in [5.74, 6) is 0.106. The Balaban J connectivity index is 0.00000182. The molecule has 1 amide bonds. The van der Waals surface area contributed by atoms with Crippen LogP contribution in [0.3, 0.4) is 0 Å². The Hall–Kier alpha value is -0.890. The lowest BCUT2D eigenvalue weighted by Crippen LogP contribution is -2.52. The van der Waals surface area contributed by atoms with Gasteiger partial charge < -0.3 is 15.4 Å². The number of carbonyl (C=O) groups excluding carboxylic acids is 1. The van der Waals surface area contributed by atoms with E-state index < -0.39 is 0 Å². The van der Waals surface area contributed by atoms with Gasteiger partial charge in [-0.15, -0.1) is 24.8 Å². The van der Waals surface area contributed by atoms with Crippen molar-refractivity contribution >= 4 is 30.7 Å². The standard InChI is InChI=1S/C19H30N4O2.2ClH/c1-16-12-20-6-7-23(16)15-19(24)21-13-17-4-2-3-5-18(17)14-22-8-10-25-11-9-22;;/h2-5,16,20H,6-15H2,1H3,(H,21,24);2*1H/t16-;;/m1../s1. The van der Waals surface area contributed by atoms with Crippen LogP contribution in [0.25, 0.3) is 0 Å². The lowest BCUT2D eigenvalue weighted by Gasteiger charge is -2.33. The minimum Gasteiger partial charge on any atom is -0.379 e. The van der Waals surface area contributed by atoms with Crippen molar-refractivity contribution in [3.8, 4) is 0 Å². The summed E-state index contributed by atoms with van der Waals surface area (Å²) in [6.07, 6.45) is 0. The smallest absolute Gasteiger partial charge is 0.234 e. The Kier molecular flexibility index (Phi) is 11.2. The third-order valence-electron chi connectivity index (χ3n) is 5.08. The molecule has 1 atom stereocenters. The van der Waals surface area contributed by atoms with Gasteiger partial charge in [-0.1, -0.05) is 24.3 Å². The number of nitrogens with one attached hydrogen (secondary N) is 2. The molecule has 0 saturated carbocycles. The molecule has 0 unspecified atom stereocenters. The summed E-state index contributed by atoms with van der Waals surface area (Å²) in [5.41, 5.74) is 2.50. The molecule has 2 aliphatic heterocycles. The second kappa shape index (κ2) is 12.5. The quantitative estimate of drug-likeness (QED) is 0.728. The number of hydrogen-bond acceptors (Lipinski definition) is 5. The van der Waals surface area contributed by atoms with Gasteiger partial charge in [0.1, 0.15) is 0 Å². The summed E-state index contributed by atoms with van der Waals surface area (Å²) in [7, 11) is 0. The van der Waals surface area contributed by atoms with Crippen LogP contribution in [0.1, 0.15) is 18.1 Å². The van der Waals surface area contributed by atoms with Crippen LogP contribution in [0, 0.1) is 0 Å². The number of hydrogen-bond donors (Lipinski definition) is 2. The van der Waals surface area contributed by atoms with Gasteiger partial charge in [-0.2, -0.15) is 0 Å². The van der Waals surface area contributed by atoms with E-state index >= 15 is 0 Å². The van der Waals surface area contributed by atoms with E-state index in [1.54, 1.807) is 0 Å². The van der Waals surface area contributed by atoms with Gasteiger partial charge >= 0.3 is 0 Å². The number of ether oxygens (including phenoxy) is 1. The molecule has 0 aliphatic carbocycles. The number of carbonyl (C=O) groups is 1. The first-order chi connectivity index (χ1) is 12.2. The number of benzene rings is 1. The van der Waals surface area contributed by atoms with Crippen LogP contribution in [0.5, 0.6) is 0 Å². The van der Waals surface area contributed by atoms with Crippen LogP contribution in [0.2, 0.25) is 0 Å². The van der Waals surface area contributed by atoms with Gasteiger partial charge in [-0.05, 0) is 18.1 Å². The predicted molar refractivity (Wildman–Crippen MR) is 113 cm³/mol. The molecule has 1 aromatic rings. The molecule has 1 aromatic carbocycles. The lowest BCUT2D eigenvalue weighted by molar-refractivity contribution is -0.123. The third kappa shape index (κ3) is 7.56. The van der Waals surface area contributed by atoms with Crippen molar-refractivity contribution in [3.05, 3.63) is 35.4 Å². The van der Waals surface area contributed by atoms with Gasteiger partial charge in [-0.25, -0.2) is 0 Å². The van der Waals surface area contributed by atoms with Crippen molar-refractivity contribution in [2.24, 2.45) is 0 Å². The second-order valence-corrected chi connectivity index (χ2v) is 6.96. The van der Waals surface area contributed by atoms with Crippen molar-refractivity contribution in [2.45, 2.75) is 26.1 Å². The molecule has 154 valence electrons. The van der Waals surface area contributed by atoms with Gasteiger partial charge in [0.2, 0.25) is 5.91 Å². The lowest BCUT2D eigenvalue weighted by atomic mass is 10.1. The Bertz CT molecular complexity index is 570. The summed E-state index contributed by atoms with van der Waals surface area (Å²) in [6, 6.07) is 8.80. The molecule has 2 aliphatic rings. The Morgan fingerprint density at radius 2 is 1.89 bits per heavy atom. The summed E-state index contributed by atoms with van der Waals surface area (Å²) < 4.78 is 5.42. The zero-order chi connectivity index (χ0) is 17.5. The highest BCUT2D eigenvalue weighted by Gasteiger charge is 2.20. The van der Waals surface area contributed by atoms with E-state index in [4.69, 9.17) is 4.74 Å². The molecule has 8 heteroatoms. The van der Waals surface area contributed by atoms with Crippen LogP contribution in [0.15, 0.2) is 24.3 Å². The molecule has 0 spiro atoms. The fourth-order valence-corrected chi connectivity index (χ4v) is 3.44. The average molecular weight is 419 g/mol. The molecule has 2 fully saturated rings. The molecule has 2 heterocycles. The highest BCUT2D eigenvalue weighted by molar-refractivity contribution is 5.85. The number of halogens is 2. The highest BCUT2D eigenvalue weighted by Crippen LogP contribution is 2.13. The Morgan fingerprint density at radius 3 is 2.59 bits per heavy atom. The van der Waals surface area contributed by atoms with E-state index in [1.807, 2.05) is 6.07 Å². The molecule has 2 N–H and O–H groups in total. The maximum Gasteiger partial charge on any atom is 0.234 e. The summed E-state index contributed by atoms with van der Waals surface area (Å²) in [5, 5.41) is 6.46. The van der Waals surface area contributed by atoms with E-state index in [0.717, 1.165) is 52.5 Å². The minimum absolute atomic E-state index is 0. The van der Waals surface area contributed by atoms with Crippen molar-refractivity contribution in [2.75, 3.05) is 52.5 Å². The molecule has 2 saturated heterocycles. The van der Waals surface area contributed by atoms with Crippen molar-refractivity contribution < 1.29 is 9.53 Å². The molecule has 3 rings (SSSR count). The van der Waals surface area contributed by atoms with Crippen molar-refractivity contribution in [1.29, 1.82) is 0 Å². The molecule has 0 radical (unpaired) electrons. The monoisotopic (exact) mass is 418 g/mol. The maximum atomic E-state index is 12.3. The number of piperazine rings is 1. The van der Waals surface area contributed by atoms with Gasteiger partial charge in [0.25, 0.3) is 0 Å². The Labute approximate surface area is 174 Å². The normalized spacial score (nSPS) is 21.0. The van der Waals surface area contributed by atoms with E-state index in [0.29, 0.717) is 19.1 Å². The summed E-state index contributed by atoms with van der Waals surface area (Å²) in [4.78, 5) is 17.0. The molecule has 6 nitrogen and oxygen atoms in total. The first-order valence-electron chi connectivity index (χ1n) is 9.31. The molecular weight excluding hydrogens is 387 g/mol. The fourth-order valence-electron chi connectivity index (χ4n) is 3.44. The van der Waals surface area contributed by atoms with Crippen LogP contribution >= 0.6 is 24.8 Å². The maximum absolute atomic E-state index is 12.3. The van der Waals surface area contributed by atoms with Crippen molar-refractivity contribution in [1.82, 2.24) is 20.4 Å². The number of nitrogens with zero attached hydrogens (tertiary/aromatic N) is 2. The van der Waals surface area contributed by atoms with E-state index in [2.05, 4.69) is 45.6 Å². The second-order valence-electron chi connectivity index (χ2n) is 6.96. The minimum atomic E-state index is 0. The first kappa shape index (κ1) is 24.1. The highest BCUT2D eigenvalue weighted by atomic mass is 35.5. The SMILES string of the molecule is C[C@@H]1CNCCN1CC(=O)NCc1ccccc1CN1CCOCC1.Cl.Cl. The van der Waals surface area contributed by atoms with E-state index in [1.165, 1.54) is 11.1 Å². The van der Waals surface area contributed by atoms with Crippen LogP contribution in [0.4, 0.5) is 0 Å². The molecule has 0 bridgehead atoms. The zero-order valence-corrected chi connectivity index (χ0v) is 17.6. The molecule has 27 heavy (non-hydrogen) atoms. The topological polar surface area (TPSA) is 56.8 Å². The predicted octanol–water partition coefficient (Wildman–Crippen LogP) is 1.27. The zero-order valence-electron chi connectivity index (χ0n) is 16.0. The average Bonchev–Trinajstić information content (AvgIpc) is 2.64. The third-order valence-corrected chi connectivity index (χ3v) is 5.08. The summed E-state index contributed by atoms with van der Waals surface area (Å²) in [6.45, 7) is 10.6. The van der Waals surface area contributed by atoms with Crippen molar-refractivity contribution in [3.63, 3.8) is 0 Å². The van der Waals surface area contributed by atoms with Gasteiger partial charge in [0, 0.05) is 51.9 Å². The van der Waals surface area contributed by atoms with Crippen LogP contribution in [-0.2, 0) is 22.6 Å². The van der Waals surface area contributed by atoms with E-state index in [-0.39, 0.29) is 30.7 Å². The van der Waals surface area contributed by atoms with Gasteiger partial charge in [0.05, 0.1) is 19.8 Å². The van der Waals surface area contributed by atoms with Crippen LogP contribution < -0.4 is 10.6 Å². The van der Waals surface area contributed by atoms with Gasteiger partial charge in [-0.3, -0.25) is 14.6 Å². The number of rotatable bonds is 6. The fraction of sp³-hybridized carbons (Fsp3) is 0.632. The molecular formula is C19H32Cl2N4O2. The number of amides is 1. The van der Waals surface area contributed by atoms with E-state index in [9.17, 15) is 4.79 Å². The summed E-state index contributed by atoms with van der Waals surface area (Å²) >= 11 is 0. The Morgan fingerprint density at radius 1 is 1.19 bits per heavy atom. The van der Waals surface area contributed by atoms with Crippen LogP contribution in [-0.4, -0.2) is 74.2 Å². The van der Waals surface area contributed by atoms with Gasteiger partial charge in [0.15, 0.2) is 0 Å². The first-order valence-corrected chi connectivity index (χ1v) is 9.31. The molecule has 0 aromatic heterocycles. The largest absolute Gasteiger partial charge is 0.379 e. The number of morpholine rings is 1.